The second-order valence-corrected chi connectivity index (χ2v) is 10.2. The van der Waals surface area contributed by atoms with Crippen molar-refractivity contribution in [1.82, 2.24) is 15.1 Å². The average Bonchev–Trinajstić information content (AvgIpc) is 3.18. The predicted molar refractivity (Wildman–Crippen MR) is 130 cm³/mol. The van der Waals surface area contributed by atoms with Crippen LogP contribution in [0.15, 0.2) is 54.7 Å². The lowest BCUT2D eigenvalue weighted by Crippen LogP contribution is -2.32. The largest absolute Gasteiger partial charge is 0.345 e. The summed E-state index contributed by atoms with van der Waals surface area (Å²) in [6.45, 7) is 2.01. The van der Waals surface area contributed by atoms with Crippen LogP contribution in [0, 0.1) is 0 Å². The van der Waals surface area contributed by atoms with E-state index in [0.29, 0.717) is 12.2 Å². The highest BCUT2D eigenvalue weighted by atomic mass is 32.2. The van der Waals surface area contributed by atoms with Gasteiger partial charge >= 0.3 is 0 Å². The number of nitrogens with one attached hydrogen (secondary N) is 3. The van der Waals surface area contributed by atoms with E-state index in [-0.39, 0.29) is 23.2 Å². The second kappa shape index (κ2) is 9.68. The second-order valence-electron chi connectivity index (χ2n) is 8.42. The predicted octanol–water partition coefficient (Wildman–Crippen LogP) is 3.07. The summed E-state index contributed by atoms with van der Waals surface area (Å²) in [5.41, 5.74) is 3.86. The molecule has 0 saturated carbocycles. The number of carbonyl (C=O) groups excluding carboxylic acids is 2. The zero-order valence-electron chi connectivity index (χ0n) is 19.0. The molecule has 0 aliphatic heterocycles. The third-order valence-electron chi connectivity index (χ3n) is 5.62. The van der Waals surface area contributed by atoms with Gasteiger partial charge in [-0.2, -0.15) is 5.10 Å². The van der Waals surface area contributed by atoms with E-state index in [0.717, 1.165) is 42.3 Å². The lowest BCUT2D eigenvalue weighted by atomic mass is 9.92. The van der Waals surface area contributed by atoms with Gasteiger partial charge in [0.1, 0.15) is 0 Å². The van der Waals surface area contributed by atoms with Gasteiger partial charge < -0.3 is 10.6 Å². The molecule has 0 spiro atoms. The van der Waals surface area contributed by atoms with Gasteiger partial charge in [-0.15, -0.1) is 0 Å². The maximum absolute atomic E-state index is 13.3. The normalized spacial score (nSPS) is 15.3. The number of rotatable bonds is 7. The molecule has 3 aromatic rings. The Labute approximate surface area is 198 Å². The molecule has 1 aliphatic carbocycles. The van der Waals surface area contributed by atoms with Crippen molar-refractivity contribution in [3.8, 4) is 0 Å². The van der Waals surface area contributed by atoms with Gasteiger partial charge in [-0.05, 0) is 43.0 Å². The standard InChI is InChI=1S/C24H27N5O4S/c1-16(30)26-18-11-12-22(28-34(2,32)33)19(13-18)24(31)27-21-9-6-10-23-20(21)14-25-29(23)15-17-7-4-3-5-8-17/h3-5,7-8,11-14,21,28H,6,9-10,15H2,1-2H3,(H,26,30)(H,27,31). The molecule has 1 atom stereocenters. The van der Waals surface area contributed by atoms with Gasteiger partial charge in [0.05, 0.1) is 36.3 Å². The fraction of sp³-hybridized carbons (Fsp3) is 0.292. The van der Waals surface area contributed by atoms with Crippen molar-refractivity contribution in [2.24, 2.45) is 0 Å². The molecule has 1 aromatic heterocycles. The monoisotopic (exact) mass is 481 g/mol. The Balaban J connectivity index is 1.59. The maximum Gasteiger partial charge on any atom is 0.253 e. The number of hydrogen-bond donors (Lipinski definition) is 3. The molecular weight excluding hydrogens is 454 g/mol. The Morgan fingerprint density at radius 3 is 2.62 bits per heavy atom. The highest BCUT2D eigenvalue weighted by Crippen LogP contribution is 2.31. The fourth-order valence-electron chi connectivity index (χ4n) is 4.20. The highest BCUT2D eigenvalue weighted by Gasteiger charge is 2.27. The molecule has 0 fully saturated rings. The summed E-state index contributed by atoms with van der Waals surface area (Å²) >= 11 is 0. The topological polar surface area (TPSA) is 122 Å². The van der Waals surface area contributed by atoms with Gasteiger partial charge in [0.15, 0.2) is 0 Å². The van der Waals surface area contributed by atoms with Crippen LogP contribution < -0.4 is 15.4 Å². The van der Waals surface area contributed by atoms with Crippen molar-refractivity contribution in [2.75, 3.05) is 16.3 Å². The van der Waals surface area contributed by atoms with Crippen LogP contribution in [0.3, 0.4) is 0 Å². The van der Waals surface area contributed by atoms with Crippen LogP contribution in [-0.2, 0) is 27.8 Å². The number of fused-ring (bicyclic) bond motifs is 1. The molecular formula is C24H27N5O4S. The van der Waals surface area contributed by atoms with E-state index >= 15 is 0 Å². The molecule has 2 aromatic carbocycles. The molecule has 9 nitrogen and oxygen atoms in total. The third-order valence-corrected chi connectivity index (χ3v) is 6.21. The van der Waals surface area contributed by atoms with Gasteiger partial charge in [-0.1, -0.05) is 30.3 Å². The number of anilines is 2. The van der Waals surface area contributed by atoms with Crippen molar-refractivity contribution in [3.63, 3.8) is 0 Å². The summed E-state index contributed by atoms with van der Waals surface area (Å²) in [5, 5.41) is 10.2. The van der Waals surface area contributed by atoms with Crippen molar-refractivity contribution >= 4 is 33.2 Å². The first-order valence-corrected chi connectivity index (χ1v) is 12.9. The van der Waals surface area contributed by atoms with Crippen molar-refractivity contribution in [1.29, 1.82) is 0 Å². The van der Waals surface area contributed by atoms with Crippen LogP contribution in [0.1, 0.15) is 53.0 Å². The van der Waals surface area contributed by atoms with Crippen LogP contribution in [0.5, 0.6) is 0 Å². The maximum atomic E-state index is 13.3. The smallest absolute Gasteiger partial charge is 0.253 e. The Kier molecular flexibility index (Phi) is 6.69. The first kappa shape index (κ1) is 23.5. The minimum absolute atomic E-state index is 0.125. The zero-order valence-corrected chi connectivity index (χ0v) is 19.9. The number of aromatic nitrogens is 2. The van der Waals surface area contributed by atoms with Crippen molar-refractivity contribution in [2.45, 2.75) is 38.8 Å². The third kappa shape index (κ3) is 5.63. The first-order valence-electron chi connectivity index (χ1n) is 11.0. The van der Waals surface area contributed by atoms with E-state index in [2.05, 4.69) is 32.6 Å². The van der Waals surface area contributed by atoms with E-state index in [1.165, 1.54) is 25.1 Å². The van der Waals surface area contributed by atoms with Gasteiger partial charge in [0.2, 0.25) is 15.9 Å². The van der Waals surface area contributed by atoms with E-state index in [9.17, 15) is 18.0 Å². The summed E-state index contributed by atoms with van der Waals surface area (Å²) in [6, 6.07) is 14.3. The highest BCUT2D eigenvalue weighted by molar-refractivity contribution is 7.92. The van der Waals surface area contributed by atoms with Gasteiger partial charge in [0.25, 0.3) is 5.91 Å². The number of amides is 2. The molecule has 0 radical (unpaired) electrons. The SMILES string of the molecule is CC(=O)Nc1ccc(NS(C)(=O)=O)c(C(=O)NC2CCCc3c2cnn3Cc2ccccc2)c1. The summed E-state index contributed by atoms with van der Waals surface area (Å²) < 4.78 is 28.0. The lowest BCUT2D eigenvalue weighted by molar-refractivity contribution is -0.114. The Hall–Kier alpha value is -3.66. The summed E-state index contributed by atoms with van der Waals surface area (Å²) in [7, 11) is -3.61. The fourth-order valence-corrected chi connectivity index (χ4v) is 4.78. The van der Waals surface area contributed by atoms with E-state index in [1.54, 1.807) is 6.20 Å². The van der Waals surface area contributed by atoms with Crippen LogP contribution in [0.4, 0.5) is 11.4 Å². The van der Waals surface area contributed by atoms with Gasteiger partial charge in [0, 0.05) is 23.9 Å². The molecule has 3 N–H and O–H groups in total. The quantitative estimate of drug-likeness (QED) is 0.479. The van der Waals surface area contributed by atoms with Crippen LogP contribution >= 0.6 is 0 Å². The average molecular weight is 482 g/mol. The van der Waals surface area contributed by atoms with Crippen molar-refractivity contribution < 1.29 is 18.0 Å². The Morgan fingerprint density at radius 2 is 1.91 bits per heavy atom. The molecule has 1 aliphatic rings. The number of sulfonamides is 1. The van der Waals surface area contributed by atoms with Crippen LogP contribution in [-0.4, -0.2) is 36.3 Å². The van der Waals surface area contributed by atoms with E-state index in [4.69, 9.17) is 0 Å². The summed E-state index contributed by atoms with van der Waals surface area (Å²) in [5.74, 6) is -0.732. The zero-order chi connectivity index (χ0) is 24.3. The van der Waals surface area contributed by atoms with E-state index in [1.807, 2.05) is 22.9 Å². The summed E-state index contributed by atoms with van der Waals surface area (Å²) in [6.07, 6.45) is 5.32. The van der Waals surface area contributed by atoms with Crippen LogP contribution in [0.25, 0.3) is 0 Å². The molecule has 178 valence electrons. The lowest BCUT2D eigenvalue weighted by Gasteiger charge is -2.25. The van der Waals surface area contributed by atoms with Gasteiger partial charge in [-0.3, -0.25) is 19.0 Å². The van der Waals surface area contributed by atoms with Gasteiger partial charge in [-0.25, -0.2) is 8.42 Å². The molecule has 1 unspecified atom stereocenters. The minimum Gasteiger partial charge on any atom is -0.345 e. The molecule has 4 rings (SSSR count). The Bertz CT molecular complexity index is 1320. The van der Waals surface area contributed by atoms with Crippen LogP contribution in [0.2, 0.25) is 0 Å². The minimum atomic E-state index is -3.61. The molecule has 10 heteroatoms. The number of hydrogen-bond acceptors (Lipinski definition) is 5. The number of nitrogens with zero attached hydrogens (tertiary/aromatic N) is 2. The molecule has 0 saturated heterocycles. The first-order chi connectivity index (χ1) is 16.2. The van der Waals surface area contributed by atoms with Crippen molar-refractivity contribution in [3.05, 3.63) is 77.1 Å². The molecule has 1 heterocycles. The number of carbonyl (C=O) groups is 2. The molecule has 34 heavy (non-hydrogen) atoms. The Morgan fingerprint density at radius 1 is 1.15 bits per heavy atom. The number of benzene rings is 2. The molecule has 0 bridgehead atoms. The molecule has 2 amide bonds. The summed E-state index contributed by atoms with van der Waals surface area (Å²) in [4.78, 5) is 24.7. The van der Waals surface area contributed by atoms with E-state index < -0.39 is 15.9 Å².